The monoisotopic (exact) mass is 336 g/mol. The summed E-state index contributed by atoms with van der Waals surface area (Å²) in [7, 11) is 0. The summed E-state index contributed by atoms with van der Waals surface area (Å²) in [4.78, 5) is 16.4. The lowest BCUT2D eigenvalue weighted by Crippen LogP contribution is -2.24. The van der Waals surface area contributed by atoms with Crippen molar-refractivity contribution >= 4 is 5.91 Å². The van der Waals surface area contributed by atoms with Crippen LogP contribution < -0.4 is 10.1 Å². The van der Waals surface area contributed by atoms with E-state index >= 15 is 0 Å². The maximum Gasteiger partial charge on any atom is 0.224 e. The summed E-state index contributed by atoms with van der Waals surface area (Å²) in [5.74, 6) is 0.487. The molecule has 1 aromatic carbocycles. The number of ether oxygens (including phenoxy) is 1. The molecule has 0 saturated heterocycles. The lowest BCUT2D eigenvalue weighted by Gasteiger charge is -2.09. The van der Waals surface area contributed by atoms with Crippen LogP contribution in [0.25, 0.3) is 5.69 Å². The fraction of sp³-hybridized carbons (Fsp3) is 0.211. The van der Waals surface area contributed by atoms with Gasteiger partial charge in [0.15, 0.2) is 0 Å². The van der Waals surface area contributed by atoms with Gasteiger partial charge < -0.3 is 10.1 Å². The first-order valence-corrected chi connectivity index (χ1v) is 8.18. The van der Waals surface area contributed by atoms with Crippen LogP contribution in [0.5, 0.6) is 5.88 Å². The van der Waals surface area contributed by atoms with Crippen LogP contribution in [-0.2, 0) is 17.8 Å². The number of aromatic nitrogens is 3. The molecule has 0 aliphatic carbocycles. The highest BCUT2D eigenvalue weighted by atomic mass is 16.5. The van der Waals surface area contributed by atoms with E-state index < -0.39 is 0 Å². The van der Waals surface area contributed by atoms with Gasteiger partial charge in [-0.25, -0.2) is 9.67 Å². The largest absolute Gasteiger partial charge is 0.478 e. The molecule has 0 fully saturated rings. The van der Waals surface area contributed by atoms with Gasteiger partial charge in [-0.1, -0.05) is 24.3 Å². The maximum atomic E-state index is 12.2. The Kier molecular flexibility index (Phi) is 5.41. The number of benzene rings is 1. The zero-order valence-electron chi connectivity index (χ0n) is 14.1. The molecule has 0 unspecified atom stereocenters. The molecule has 0 saturated carbocycles. The van der Waals surface area contributed by atoms with Gasteiger partial charge in [0.05, 0.1) is 24.9 Å². The Morgan fingerprint density at radius 3 is 2.84 bits per heavy atom. The number of hydrogen-bond donors (Lipinski definition) is 1. The molecule has 0 spiro atoms. The number of para-hydroxylation sites is 1. The number of rotatable bonds is 7. The molecule has 2 aromatic heterocycles. The molecule has 0 radical (unpaired) electrons. The fourth-order valence-electron chi connectivity index (χ4n) is 2.44. The molecule has 0 atom stereocenters. The zero-order chi connectivity index (χ0) is 17.5. The summed E-state index contributed by atoms with van der Waals surface area (Å²) in [6.45, 7) is 2.83. The minimum atomic E-state index is -0.0705. The second kappa shape index (κ2) is 8.10. The number of carbonyl (C=O) groups excluding carboxylic acids is 1. The molecule has 0 bridgehead atoms. The lowest BCUT2D eigenvalue weighted by atomic mass is 10.2. The Morgan fingerprint density at radius 1 is 1.20 bits per heavy atom. The van der Waals surface area contributed by atoms with E-state index in [9.17, 15) is 4.79 Å². The standard InChI is InChI=1S/C19H20N4O2/c1-2-25-19-16(7-6-10-20-19)13-21-18(24)11-15-12-22-23(14-15)17-8-4-3-5-9-17/h3-10,12,14H,2,11,13H2,1H3,(H,21,24). The number of pyridine rings is 1. The summed E-state index contributed by atoms with van der Waals surface area (Å²) in [6.07, 6.45) is 5.53. The van der Waals surface area contributed by atoms with E-state index in [-0.39, 0.29) is 12.3 Å². The van der Waals surface area contributed by atoms with E-state index in [1.54, 1.807) is 17.1 Å². The SMILES string of the molecule is CCOc1ncccc1CNC(=O)Cc1cnn(-c2ccccc2)c1. The average molecular weight is 336 g/mol. The molecule has 1 N–H and O–H groups in total. The third kappa shape index (κ3) is 4.44. The van der Waals surface area contributed by atoms with Gasteiger partial charge in [0, 0.05) is 24.5 Å². The predicted octanol–water partition coefficient (Wildman–Crippen LogP) is 2.52. The van der Waals surface area contributed by atoms with Crippen molar-refractivity contribution in [3.8, 4) is 11.6 Å². The molecule has 6 nitrogen and oxygen atoms in total. The highest BCUT2D eigenvalue weighted by Crippen LogP contribution is 2.14. The highest BCUT2D eigenvalue weighted by Gasteiger charge is 2.09. The minimum Gasteiger partial charge on any atom is -0.478 e. The first-order chi connectivity index (χ1) is 12.3. The van der Waals surface area contributed by atoms with E-state index in [2.05, 4.69) is 15.4 Å². The molecule has 0 aliphatic rings. The number of hydrogen-bond acceptors (Lipinski definition) is 4. The smallest absolute Gasteiger partial charge is 0.224 e. The van der Waals surface area contributed by atoms with Crippen molar-refractivity contribution in [1.29, 1.82) is 0 Å². The van der Waals surface area contributed by atoms with Crippen LogP contribution in [0.4, 0.5) is 0 Å². The Hall–Kier alpha value is -3.15. The summed E-state index contributed by atoms with van der Waals surface area (Å²) in [6, 6.07) is 13.5. The molecule has 3 rings (SSSR count). The van der Waals surface area contributed by atoms with Crippen LogP contribution in [0, 0.1) is 0 Å². The Labute approximate surface area is 146 Å². The van der Waals surface area contributed by atoms with Crippen LogP contribution >= 0.6 is 0 Å². The molecule has 3 aromatic rings. The van der Waals surface area contributed by atoms with Crippen LogP contribution in [-0.4, -0.2) is 27.3 Å². The van der Waals surface area contributed by atoms with Gasteiger partial charge in [0.2, 0.25) is 11.8 Å². The zero-order valence-corrected chi connectivity index (χ0v) is 14.1. The highest BCUT2D eigenvalue weighted by molar-refractivity contribution is 5.78. The molecular weight excluding hydrogens is 316 g/mol. The van der Waals surface area contributed by atoms with Crippen molar-refractivity contribution in [2.45, 2.75) is 19.9 Å². The van der Waals surface area contributed by atoms with E-state index in [0.717, 1.165) is 16.8 Å². The lowest BCUT2D eigenvalue weighted by molar-refractivity contribution is -0.120. The fourth-order valence-corrected chi connectivity index (χ4v) is 2.44. The van der Waals surface area contributed by atoms with Crippen LogP contribution in [0.1, 0.15) is 18.1 Å². The Balaban J connectivity index is 1.58. The molecule has 0 aliphatic heterocycles. The molecule has 128 valence electrons. The third-order valence-corrected chi connectivity index (χ3v) is 3.63. The Bertz CT molecular complexity index is 830. The van der Waals surface area contributed by atoms with Gasteiger partial charge >= 0.3 is 0 Å². The summed E-state index contributed by atoms with van der Waals surface area (Å²) in [5, 5.41) is 7.20. The van der Waals surface area contributed by atoms with Crippen molar-refractivity contribution in [3.63, 3.8) is 0 Å². The van der Waals surface area contributed by atoms with Crippen molar-refractivity contribution in [2.75, 3.05) is 6.61 Å². The van der Waals surface area contributed by atoms with Crippen LogP contribution in [0.2, 0.25) is 0 Å². The van der Waals surface area contributed by atoms with E-state index in [1.165, 1.54) is 0 Å². The quantitative estimate of drug-likeness (QED) is 0.720. The Morgan fingerprint density at radius 2 is 2.04 bits per heavy atom. The maximum absolute atomic E-state index is 12.2. The van der Waals surface area contributed by atoms with E-state index in [0.29, 0.717) is 19.0 Å². The first kappa shape index (κ1) is 16.7. The second-order valence-corrected chi connectivity index (χ2v) is 5.48. The van der Waals surface area contributed by atoms with Gasteiger partial charge in [0.25, 0.3) is 0 Å². The van der Waals surface area contributed by atoms with Crippen LogP contribution in [0.15, 0.2) is 61.1 Å². The number of nitrogens with one attached hydrogen (secondary N) is 1. The third-order valence-electron chi connectivity index (χ3n) is 3.63. The van der Waals surface area contributed by atoms with Gasteiger partial charge in [-0.3, -0.25) is 4.79 Å². The number of amides is 1. The van der Waals surface area contributed by atoms with Crippen molar-refractivity contribution in [2.24, 2.45) is 0 Å². The summed E-state index contributed by atoms with van der Waals surface area (Å²) < 4.78 is 7.22. The normalized spacial score (nSPS) is 10.4. The topological polar surface area (TPSA) is 69.0 Å². The van der Waals surface area contributed by atoms with Gasteiger partial charge in [-0.05, 0) is 30.7 Å². The molecule has 6 heteroatoms. The number of carbonyl (C=O) groups is 1. The van der Waals surface area contributed by atoms with E-state index in [4.69, 9.17) is 4.74 Å². The predicted molar refractivity (Wildman–Crippen MR) is 94.5 cm³/mol. The van der Waals surface area contributed by atoms with Crippen molar-refractivity contribution < 1.29 is 9.53 Å². The molecule has 2 heterocycles. The summed E-state index contributed by atoms with van der Waals surface area (Å²) in [5.41, 5.74) is 2.68. The second-order valence-electron chi connectivity index (χ2n) is 5.48. The summed E-state index contributed by atoms with van der Waals surface area (Å²) >= 11 is 0. The molecule has 25 heavy (non-hydrogen) atoms. The van der Waals surface area contributed by atoms with E-state index in [1.807, 2.05) is 55.6 Å². The average Bonchev–Trinajstić information content (AvgIpc) is 3.10. The molecular formula is C19H20N4O2. The van der Waals surface area contributed by atoms with Gasteiger partial charge in [-0.2, -0.15) is 5.10 Å². The van der Waals surface area contributed by atoms with Gasteiger partial charge in [-0.15, -0.1) is 0 Å². The first-order valence-electron chi connectivity index (χ1n) is 8.18. The number of nitrogens with zero attached hydrogens (tertiary/aromatic N) is 3. The van der Waals surface area contributed by atoms with Crippen LogP contribution in [0.3, 0.4) is 0 Å². The van der Waals surface area contributed by atoms with Crippen molar-refractivity contribution in [3.05, 3.63) is 72.2 Å². The minimum absolute atomic E-state index is 0.0705. The van der Waals surface area contributed by atoms with Crippen molar-refractivity contribution in [1.82, 2.24) is 20.1 Å². The molecule has 1 amide bonds. The van der Waals surface area contributed by atoms with Gasteiger partial charge in [0.1, 0.15) is 0 Å².